The minimum Gasteiger partial charge on any atom is -0.497 e. The smallest absolute Gasteiger partial charge is 0.257 e. The Morgan fingerprint density at radius 1 is 1.21 bits per heavy atom. The van der Waals surface area contributed by atoms with Gasteiger partial charge in [-0.05, 0) is 42.7 Å². The third-order valence-corrected chi connectivity index (χ3v) is 5.25. The van der Waals surface area contributed by atoms with Crippen molar-refractivity contribution < 1.29 is 14.1 Å². The van der Waals surface area contributed by atoms with Crippen molar-refractivity contribution in [3.63, 3.8) is 0 Å². The number of carbonyl (C=O) groups is 1. The first-order chi connectivity index (χ1) is 13.6. The second-order valence-corrected chi connectivity index (χ2v) is 7.07. The highest BCUT2D eigenvalue weighted by Gasteiger charge is 2.35. The van der Waals surface area contributed by atoms with E-state index in [0.717, 1.165) is 29.0 Å². The Bertz CT molecular complexity index is 995. The molecule has 1 atom stereocenters. The van der Waals surface area contributed by atoms with Gasteiger partial charge in [-0.25, -0.2) is 0 Å². The molecule has 4 rings (SSSR count). The van der Waals surface area contributed by atoms with E-state index in [4.69, 9.17) is 9.26 Å². The molecule has 1 unspecified atom stereocenters. The maximum Gasteiger partial charge on any atom is 0.257 e. The van der Waals surface area contributed by atoms with Gasteiger partial charge in [0.1, 0.15) is 5.75 Å². The van der Waals surface area contributed by atoms with Crippen LogP contribution in [0.1, 0.15) is 36.2 Å². The minimum atomic E-state index is -0.0921. The van der Waals surface area contributed by atoms with Gasteiger partial charge < -0.3 is 14.2 Å². The van der Waals surface area contributed by atoms with Crippen LogP contribution in [0.3, 0.4) is 0 Å². The highest BCUT2D eigenvalue weighted by Crippen LogP contribution is 2.34. The predicted molar refractivity (Wildman–Crippen MR) is 107 cm³/mol. The van der Waals surface area contributed by atoms with Gasteiger partial charge in [0.2, 0.25) is 5.91 Å². The van der Waals surface area contributed by atoms with Crippen LogP contribution in [-0.4, -0.2) is 29.7 Å². The predicted octanol–water partition coefficient (Wildman–Crippen LogP) is 4.14. The number of benzene rings is 2. The summed E-state index contributed by atoms with van der Waals surface area (Å²) in [5.74, 6) is 1.76. The topological polar surface area (TPSA) is 68.5 Å². The fourth-order valence-corrected chi connectivity index (χ4v) is 3.52. The average molecular weight is 377 g/mol. The molecule has 3 aromatic rings. The van der Waals surface area contributed by atoms with Crippen molar-refractivity contribution in [2.24, 2.45) is 0 Å². The number of ether oxygens (including phenoxy) is 1. The van der Waals surface area contributed by atoms with E-state index in [1.807, 2.05) is 37.3 Å². The van der Waals surface area contributed by atoms with Gasteiger partial charge in [0.05, 0.1) is 12.8 Å². The van der Waals surface area contributed by atoms with Crippen LogP contribution in [0.15, 0.2) is 47.0 Å². The molecule has 0 N–H and O–H groups in total. The molecule has 28 heavy (non-hydrogen) atoms. The largest absolute Gasteiger partial charge is 0.497 e. The van der Waals surface area contributed by atoms with E-state index in [1.165, 1.54) is 5.56 Å². The molecule has 0 spiro atoms. The quantitative estimate of drug-likeness (QED) is 0.668. The fraction of sp³-hybridized carbons (Fsp3) is 0.318. The van der Waals surface area contributed by atoms with Crippen LogP contribution in [-0.2, 0) is 11.2 Å². The number of aryl methyl sites for hydroxylation is 2. The van der Waals surface area contributed by atoms with Gasteiger partial charge in [-0.2, -0.15) is 4.98 Å². The van der Waals surface area contributed by atoms with Crippen LogP contribution >= 0.6 is 0 Å². The molecule has 0 saturated carbocycles. The standard InChI is InChI=1S/C22H23N3O3/c1-4-15-6-8-16(9-7-15)22-23-21(24-28-22)17-11-20(26)25(13-17)19-12-18(27-3)10-5-14(19)2/h5-10,12,17H,4,11,13H2,1-3H3. The molecule has 2 heterocycles. The molecule has 6 nitrogen and oxygen atoms in total. The molecular weight excluding hydrogens is 354 g/mol. The Morgan fingerprint density at radius 2 is 2.00 bits per heavy atom. The zero-order valence-electron chi connectivity index (χ0n) is 16.3. The number of rotatable bonds is 5. The first-order valence-corrected chi connectivity index (χ1v) is 9.47. The minimum absolute atomic E-state index is 0.0556. The van der Waals surface area contributed by atoms with Crippen molar-refractivity contribution in [1.82, 2.24) is 10.1 Å². The number of methoxy groups -OCH3 is 1. The van der Waals surface area contributed by atoms with Gasteiger partial charge in [0.15, 0.2) is 5.82 Å². The number of hydrogen-bond acceptors (Lipinski definition) is 5. The average Bonchev–Trinajstić information content (AvgIpc) is 3.35. The van der Waals surface area contributed by atoms with Crippen molar-refractivity contribution in [2.75, 3.05) is 18.6 Å². The van der Waals surface area contributed by atoms with E-state index in [9.17, 15) is 4.79 Å². The van der Waals surface area contributed by atoms with Crippen molar-refractivity contribution >= 4 is 11.6 Å². The van der Waals surface area contributed by atoms with Gasteiger partial charge in [-0.3, -0.25) is 4.79 Å². The monoisotopic (exact) mass is 377 g/mol. The summed E-state index contributed by atoms with van der Waals surface area (Å²) in [6.45, 7) is 4.63. The molecule has 1 saturated heterocycles. The molecule has 6 heteroatoms. The van der Waals surface area contributed by atoms with Crippen LogP contribution < -0.4 is 9.64 Å². The second-order valence-electron chi connectivity index (χ2n) is 7.07. The summed E-state index contributed by atoms with van der Waals surface area (Å²) in [5.41, 5.74) is 4.04. The summed E-state index contributed by atoms with van der Waals surface area (Å²) in [6, 6.07) is 13.8. The van der Waals surface area contributed by atoms with Gasteiger partial charge in [-0.15, -0.1) is 0 Å². The number of aromatic nitrogens is 2. The summed E-state index contributed by atoms with van der Waals surface area (Å²) < 4.78 is 10.8. The Labute approximate surface area is 164 Å². The number of nitrogens with zero attached hydrogens (tertiary/aromatic N) is 3. The number of anilines is 1. The van der Waals surface area contributed by atoms with E-state index in [0.29, 0.717) is 24.7 Å². The number of amides is 1. The summed E-state index contributed by atoms with van der Waals surface area (Å²) in [5, 5.41) is 4.15. The number of hydrogen-bond donors (Lipinski definition) is 0. The Morgan fingerprint density at radius 3 is 2.71 bits per heavy atom. The van der Waals surface area contributed by atoms with Gasteiger partial charge in [-0.1, -0.05) is 30.3 Å². The van der Waals surface area contributed by atoms with Gasteiger partial charge in [0, 0.05) is 30.5 Å². The molecule has 2 aromatic carbocycles. The van der Waals surface area contributed by atoms with Crippen molar-refractivity contribution in [3.8, 4) is 17.2 Å². The Hall–Kier alpha value is -3.15. The normalized spacial score (nSPS) is 16.6. The highest BCUT2D eigenvalue weighted by molar-refractivity contribution is 5.97. The maximum atomic E-state index is 12.7. The summed E-state index contributed by atoms with van der Waals surface area (Å²) in [7, 11) is 1.62. The van der Waals surface area contributed by atoms with Crippen molar-refractivity contribution in [2.45, 2.75) is 32.6 Å². The van der Waals surface area contributed by atoms with Crippen LogP contribution in [0.25, 0.3) is 11.5 Å². The lowest BCUT2D eigenvalue weighted by Crippen LogP contribution is -2.25. The maximum absolute atomic E-state index is 12.7. The summed E-state index contributed by atoms with van der Waals surface area (Å²) in [6.07, 6.45) is 1.35. The zero-order chi connectivity index (χ0) is 19.7. The Balaban J connectivity index is 1.55. The first-order valence-electron chi connectivity index (χ1n) is 9.47. The van der Waals surface area contributed by atoms with E-state index < -0.39 is 0 Å². The number of carbonyl (C=O) groups excluding carboxylic acids is 1. The molecule has 0 aliphatic carbocycles. The first kappa shape index (κ1) is 18.2. The molecule has 1 fully saturated rings. The molecule has 0 radical (unpaired) electrons. The van der Waals surface area contributed by atoms with Crippen molar-refractivity contribution in [3.05, 3.63) is 59.4 Å². The van der Waals surface area contributed by atoms with Gasteiger partial charge >= 0.3 is 0 Å². The molecular formula is C22H23N3O3. The van der Waals surface area contributed by atoms with E-state index in [-0.39, 0.29) is 11.8 Å². The molecule has 1 aliphatic rings. The van der Waals surface area contributed by atoms with E-state index >= 15 is 0 Å². The summed E-state index contributed by atoms with van der Waals surface area (Å²) >= 11 is 0. The van der Waals surface area contributed by atoms with Crippen LogP contribution in [0, 0.1) is 6.92 Å². The molecule has 144 valence electrons. The highest BCUT2D eigenvalue weighted by atomic mass is 16.5. The fourth-order valence-electron chi connectivity index (χ4n) is 3.52. The third kappa shape index (κ3) is 3.38. The lowest BCUT2D eigenvalue weighted by atomic mass is 10.1. The van der Waals surface area contributed by atoms with Crippen LogP contribution in [0.2, 0.25) is 0 Å². The zero-order valence-corrected chi connectivity index (χ0v) is 16.3. The second kappa shape index (κ2) is 7.46. The molecule has 1 aliphatic heterocycles. The summed E-state index contributed by atoms with van der Waals surface area (Å²) in [4.78, 5) is 19.0. The van der Waals surface area contributed by atoms with Crippen LogP contribution in [0.4, 0.5) is 5.69 Å². The molecule has 0 bridgehead atoms. The lowest BCUT2D eigenvalue weighted by Gasteiger charge is -2.19. The van der Waals surface area contributed by atoms with E-state index in [2.05, 4.69) is 29.2 Å². The molecule has 1 amide bonds. The Kier molecular flexibility index (Phi) is 4.86. The lowest BCUT2D eigenvalue weighted by molar-refractivity contribution is -0.117. The van der Waals surface area contributed by atoms with E-state index in [1.54, 1.807) is 12.0 Å². The SMILES string of the molecule is CCc1ccc(-c2nc(C3CC(=O)N(c4cc(OC)ccc4C)C3)no2)cc1. The van der Waals surface area contributed by atoms with Gasteiger partial charge in [0.25, 0.3) is 5.89 Å². The molecule has 1 aromatic heterocycles. The third-order valence-electron chi connectivity index (χ3n) is 5.25. The van der Waals surface area contributed by atoms with Crippen LogP contribution in [0.5, 0.6) is 5.75 Å². The van der Waals surface area contributed by atoms with Crippen molar-refractivity contribution in [1.29, 1.82) is 0 Å².